The Hall–Kier alpha value is -1.88. The highest BCUT2D eigenvalue weighted by Gasteiger charge is 2.21. The van der Waals surface area contributed by atoms with Crippen molar-refractivity contribution in [2.45, 2.75) is 26.3 Å². The number of nitrogens with one attached hydrogen (secondary N) is 1. The third kappa shape index (κ3) is 3.65. The van der Waals surface area contributed by atoms with Crippen molar-refractivity contribution in [1.82, 2.24) is 9.88 Å². The molecule has 0 atom stereocenters. The van der Waals surface area contributed by atoms with E-state index in [1.807, 2.05) is 23.1 Å². The van der Waals surface area contributed by atoms with Crippen LogP contribution in [0.1, 0.15) is 35.0 Å². The quantitative estimate of drug-likeness (QED) is 0.937. The first kappa shape index (κ1) is 15.0. The maximum atomic E-state index is 12.4. The van der Waals surface area contributed by atoms with E-state index in [1.54, 1.807) is 17.5 Å². The molecule has 0 saturated carbocycles. The minimum absolute atomic E-state index is 0.101. The Morgan fingerprint density at radius 1 is 1.36 bits per heavy atom. The van der Waals surface area contributed by atoms with Crippen LogP contribution in [0, 0.1) is 5.92 Å². The van der Waals surface area contributed by atoms with Crippen LogP contribution in [0.3, 0.4) is 0 Å². The number of thiophene rings is 1. The van der Waals surface area contributed by atoms with Gasteiger partial charge in [0.2, 0.25) is 0 Å². The number of anilines is 1. The maximum Gasteiger partial charge on any atom is 0.255 e. The van der Waals surface area contributed by atoms with Gasteiger partial charge in [-0.2, -0.15) is 0 Å². The summed E-state index contributed by atoms with van der Waals surface area (Å²) >= 11 is 1.72. The zero-order chi connectivity index (χ0) is 15.4. The van der Waals surface area contributed by atoms with Gasteiger partial charge in [0.1, 0.15) is 5.82 Å². The van der Waals surface area contributed by atoms with E-state index in [2.05, 4.69) is 28.7 Å². The van der Waals surface area contributed by atoms with Crippen molar-refractivity contribution in [3.8, 4) is 0 Å². The highest BCUT2D eigenvalue weighted by molar-refractivity contribution is 7.09. The number of nitrogens with zero attached hydrogens (tertiary/aromatic N) is 2. The number of amides is 1. The molecule has 2 aromatic heterocycles. The van der Waals surface area contributed by atoms with Crippen molar-refractivity contribution in [3.63, 3.8) is 0 Å². The van der Waals surface area contributed by atoms with Gasteiger partial charge in [-0.05, 0) is 42.3 Å². The molecule has 3 heterocycles. The van der Waals surface area contributed by atoms with Crippen LogP contribution in [0.4, 0.5) is 5.82 Å². The number of piperidine rings is 1. The highest BCUT2D eigenvalue weighted by atomic mass is 32.1. The largest absolute Gasteiger partial charge is 0.365 e. The molecule has 2 aromatic rings. The van der Waals surface area contributed by atoms with Crippen molar-refractivity contribution in [2.75, 3.05) is 18.4 Å². The van der Waals surface area contributed by atoms with Gasteiger partial charge < -0.3 is 10.2 Å². The monoisotopic (exact) mass is 315 g/mol. The Balaban J connectivity index is 1.57. The summed E-state index contributed by atoms with van der Waals surface area (Å²) in [5, 5.41) is 5.33. The van der Waals surface area contributed by atoms with E-state index in [-0.39, 0.29) is 5.91 Å². The van der Waals surface area contributed by atoms with E-state index in [1.165, 1.54) is 4.88 Å². The first-order valence-electron chi connectivity index (χ1n) is 7.74. The predicted molar refractivity (Wildman–Crippen MR) is 90.2 cm³/mol. The molecule has 1 aliphatic rings. The van der Waals surface area contributed by atoms with E-state index < -0.39 is 0 Å². The predicted octanol–water partition coefficient (Wildman–Crippen LogP) is 3.63. The first-order chi connectivity index (χ1) is 10.7. The molecule has 116 valence electrons. The van der Waals surface area contributed by atoms with Gasteiger partial charge in [-0.15, -0.1) is 11.3 Å². The SMILES string of the molecule is CC1CCN(C(=O)c2ccc(NCc3cccs3)nc2)CC1. The van der Waals surface area contributed by atoms with Gasteiger partial charge in [-0.3, -0.25) is 4.79 Å². The fourth-order valence-corrected chi connectivity index (χ4v) is 3.25. The van der Waals surface area contributed by atoms with Crippen molar-refractivity contribution in [1.29, 1.82) is 0 Å². The molecule has 0 aromatic carbocycles. The van der Waals surface area contributed by atoms with Crippen LogP contribution in [0.25, 0.3) is 0 Å². The molecule has 1 amide bonds. The molecule has 3 rings (SSSR count). The molecule has 1 N–H and O–H groups in total. The van der Waals surface area contributed by atoms with E-state index >= 15 is 0 Å². The number of hydrogen-bond acceptors (Lipinski definition) is 4. The van der Waals surface area contributed by atoms with Crippen molar-refractivity contribution < 1.29 is 4.79 Å². The highest BCUT2D eigenvalue weighted by Crippen LogP contribution is 2.18. The Morgan fingerprint density at radius 2 is 2.18 bits per heavy atom. The third-order valence-electron chi connectivity index (χ3n) is 4.11. The minimum atomic E-state index is 0.101. The number of carbonyl (C=O) groups is 1. The maximum absolute atomic E-state index is 12.4. The lowest BCUT2D eigenvalue weighted by molar-refractivity contribution is 0.0697. The van der Waals surface area contributed by atoms with Crippen LogP contribution in [0.2, 0.25) is 0 Å². The second-order valence-corrected chi connectivity index (χ2v) is 6.87. The summed E-state index contributed by atoms with van der Waals surface area (Å²) in [4.78, 5) is 20.0. The van der Waals surface area contributed by atoms with E-state index in [0.29, 0.717) is 5.56 Å². The molecular formula is C17H21N3OS. The fourth-order valence-electron chi connectivity index (χ4n) is 2.61. The zero-order valence-electron chi connectivity index (χ0n) is 12.8. The molecule has 4 nitrogen and oxygen atoms in total. The molecule has 0 unspecified atom stereocenters. The standard InChI is InChI=1S/C17H21N3OS/c1-13-6-8-20(9-7-13)17(21)14-4-5-16(18-11-14)19-12-15-3-2-10-22-15/h2-5,10-11,13H,6-9,12H2,1H3,(H,18,19). The van der Waals surface area contributed by atoms with Gasteiger partial charge >= 0.3 is 0 Å². The molecule has 0 bridgehead atoms. The molecule has 0 spiro atoms. The van der Waals surface area contributed by atoms with Crippen molar-refractivity contribution in [3.05, 3.63) is 46.3 Å². The van der Waals surface area contributed by atoms with E-state index in [9.17, 15) is 4.79 Å². The van der Waals surface area contributed by atoms with E-state index in [0.717, 1.165) is 44.2 Å². The average Bonchev–Trinajstić information content (AvgIpc) is 3.07. The number of hydrogen-bond donors (Lipinski definition) is 1. The molecule has 1 saturated heterocycles. The van der Waals surface area contributed by atoms with Gasteiger partial charge in [0.15, 0.2) is 0 Å². The van der Waals surface area contributed by atoms with Crippen LogP contribution >= 0.6 is 11.3 Å². The van der Waals surface area contributed by atoms with Gasteiger partial charge in [0.05, 0.1) is 12.1 Å². The van der Waals surface area contributed by atoms with Crippen LogP contribution < -0.4 is 5.32 Å². The number of rotatable bonds is 4. The van der Waals surface area contributed by atoms with Gasteiger partial charge in [0.25, 0.3) is 5.91 Å². The molecule has 22 heavy (non-hydrogen) atoms. The smallest absolute Gasteiger partial charge is 0.255 e. The Morgan fingerprint density at radius 3 is 2.82 bits per heavy atom. The van der Waals surface area contributed by atoms with Crippen LogP contribution in [0.15, 0.2) is 35.8 Å². The van der Waals surface area contributed by atoms with Gasteiger partial charge in [0, 0.05) is 24.2 Å². The van der Waals surface area contributed by atoms with Crippen molar-refractivity contribution >= 4 is 23.1 Å². The van der Waals surface area contributed by atoms with Gasteiger partial charge in [-0.1, -0.05) is 13.0 Å². The fraction of sp³-hybridized carbons (Fsp3) is 0.412. The molecule has 1 aliphatic heterocycles. The lowest BCUT2D eigenvalue weighted by atomic mass is 9.99. The average molecular weight is 315 g/mol. The summed E-state index contributed by atoms with van der Waals surface area (Å²) in [5.41, 5.74) is 0.677. The number of pyridine rings is 1. The van der Waals surface area contributed by atoms with Gasteiger partial charge in [-0.25, -0.2) is 4.98 Å². The van der Waals surface area contributed by atoms with Crippen LogP contribution in [-0.4, -0.2) is 28.9 Å². The molecule has 5 heteroatoms. The summed E-state index contributed by atoms with van der Waals surface area (Å²) < 4.78 is 0. The topological polar surface area (TPSA) is 45.2 Å². The Labute approximate surface area is 135 Å². The van der Waals surface area contributed by atoms with Crippen molar-refractivity contribution in [2.24, 2.45) is 5.92 Å². The summed E-state index contributed by atoms with van der Waals surface area (Å²) in [6, 6.07) is 7.88. The number of carbonyl (C=O) groups excluding carboxylic acids is 1. The summed E-state index contributed by atoms with van der Waals surface area (Å²) in [5.74, 6) is 1.63. The second kappa shape index (κ2) is 6.92. The normalized spacial score (nSPS) is 15.8. The number of likely N-dealkylation sites (tertiary alicyclic amines) is 1. The lowest BCUT2D eigenvalue weighted by Crippen LogP contribution is -2.37. The summed E-state index contributed by atoms with van der Waals surface area (Å²) in [6.07, 6.45) is 3.87. The van der Waals surface area contributed by atoms with Crippen LogP contribution in [0.5, 0.6) is 0 Å². The Bertz CT molecular complexity index is 601. The number of aromatic nitrogens is 1. The minimum Gasteiger partial charge on any atom is -0.365 e. The second-order valence-electron chi connectivity index (χ2n) is 5.84. The Kier molecular flexibility index (Phi) is 4.73. The molecule has 0 aliphatic carbocycles. The van der Waals surface area contributed by atoms with Crippen LogP contribution in [-0.2, 0) is 6.54 Å². The van der Waals surface area contributed by atoms with E-state index in [4.69, 9.17) is 0 Å². The lowest BCUT2D eigenvalue weighted by Gasteiger charge is -2.30. The summed E-state index contributed by atoms with van der Waals surface area (Å²) in [6.45, 7) is 4.73. The molecule has 1 fully saturated rings. The summed E-state index contributed by atoms with van der Waals surface area (Å²) in [7, 11) is 0. The molecule has 0 radical (unpaired) electrons. The zero-order valence-corrected chi connectivity index (χ0v) is 13.6. The first-order valence-corrected chi connectivity index (χ1v) is 8.62. The molecular weight excluding hydrogens is 294 g/mol. The third-order valence-corrected chi connectivity index (χ3v) is 4.98.